The van der Waals surface area contributed by atoms with Crippen LogP contribution >= 0.6 is 11.9 Å². The maximum atomic E-state index is 11.0. The van der Waals surface area contributed by atoms with Crippen LogP contribution in [0.25, 0.3) is 0 Å². The molecule has 0 heterocycles. The molecule has 1 N–H and O–H groups in total. The van der Waals surface area contributed by atoms with Gasteiger partial charge in [0.1, 0.15) is 6.54 Å². The first kappa shape index (κ1) is 12.7. The lowest BCUT2D eigenvalue weighted by Crippen LogP contribution is -2.17. The molecule has 86 valence electrons. The predicted molar refractivity (Wildman–Crippen MR) is 62.3 cm³/mol. The largest absolute Gasteiger partial charge is 0.468 e. The van der Waals surface area contributed by atoms with Crippen molar-refractivity contribution in [1.29, 1.82) is 0 Å². The van der Waals surface area contributed by atoms with Crippen molar-refractivity contribution < 1.29 is 14.3 Å². The Morgan fingerprint density at radius 2 is 1.94 bits per heavy atom. The van der Waals surface area contributed by atoms with Gasteiger partial charge >= 0.3 is 5.97 Å². The second-order valence-corrected chi connectivity index (χ2v) is 4.04. The molecule has 1 aromatic carbocycles. The van der Waals surface area contributed by atoms with E-state index >= 15 is 0 Å². The summed E-state index contributed by atoms with van der Waals surface area (Å²) in [6, 6.07) is 7.16. The molecule has 0 atom stereocenters. The lowest BCUT2D eigenvalue weighted by molar-refractivity contribution is -0.139. The van der Waals surface area contributed by atoms with Crippen LogP contribution in [0.5, 0.6) is 0 Å². The van der Waals surface area contributed by atoms with Crippen LogP contribution in [-0.4, -0.2) is 25.4 Å². The van der Waals surface area contributed by atoms with E-state index < -0.39 is 0 Å². The van der Waals surface area contributed by atoms with Crippen molar-refractivity contribution in [3.8, 4) is 0 Å². The summed E-state index contributed by atoms with van der Waals surface area (Å²) < 4.78 is 7.34. The number of esters is 1. The van der Waals surface area contributed by atoms with Crippen molar-refractivity contribution in [2.45, 2.75) is 11.8 Å². The van der Waals surface area contributed by atoms with E-state index in [0.717, 1.165) is 4.90 Å². The van der Waals surface area contributed by atoms with Gasteiger partial charge < -0.3 is 4.74 Å². The van der Waals surface area contributed by atoms with Gasteiger partial charge in [0.2, 0.25) is 0 Å². The summed E-state index contributed by atoms with van der Waals surface area (Å²) in [6.07, 6.45) is 0. The van der Waals surface area contributed by atoms with Gasteiger partial charge in [-0.25, -0.2) is 4.72 Å². The van der Waals surface area contributed by atoms with Gasteiger partial charge in [-0.15, -0.1) is 0 Å². The van der Waals surface area contributed by atoms with Gasteiger partial charge in [0.25, 0.3) is 0 Å². The molecule has 0 saturated carbocycles. The van der Waals surface area contributed by atoms with Crippen LogP contribution in [0.2, 0.25) is 0 Å². The van der Waals surface area contributed by atoms with Gasteiger partial charge in [0.15, 0.2) is 5.78 Å². The number of benzene rings is 1. The summed E-state index contributed by atoms with van der Waals surface area (Å²) in [7, 11) is 1.34. The molecule has 4 nitrogen and oxygen atoms in total. The average molecular weight is 239 g/mol. The molecule has 0 aliphatic carbocycles. The average Bonchev–Trinajstić information content (AvgIpc) is 2.29. The molecule has 1 aromatic rings. The Morgan fingerprint density at radius 1 is 1.31 bits per heavy atom. The Balaban J connectivity index is 2.43. The van der Waals surface area contributed by atoms with Gasteiger partial charge in [0.05, 0.1) is 7.11 Å². The van der Waals surface area contributed by atoms with Crippen molar-refractivity contribution >= 4 is 23.7 Å². The highest BCUT2D eigenvalue weighted by molar-refractivity contribution is 7.97. The molecule has 0 aliphatic rings. The zero-order valence-electron chi connectivity index (χ0n) is 9.15. The number of methoxy groups -OCH3 is 1. The normalized spacial score (nSPS) is 9.88. The van der Waals surface area contributed by atoms with Gasteiger partial charge in [-0.05, 0) is 31.0 Å². The van der Waals surface area contributed by atoms with Crippen LogP contribution in [-0.2, 0) is 9.53 Å². The highest BCUT2D eigenvalue weighted by atomic mass is 32.2. The minimum absolute atomic E-state index is 0.0408. The molecule has 0 radical (unpaired) electrons. The van der Waals surface area contributed by atoms with E-state index in [1.165, 1.54) is 26.0 Å². The minimum atomic E-state index is -0.312. The van der Waals surface area contributed by atoms with Crippen LogP contribution in [0, 0.1) is 0 Å². The Labute approximate surface area is 98.5 Å². The molecule has 0 fully saturated rings. The molecule has 0 spiro atoms. The van der Waals surface area contributed by atoms with Crippen molar-refractivity contribution in [2.75, 3.05) is 13.7 Å². The van der Waals surface area contributed by atoms with Gasteiger partial charge in [-0.2, -0.15) is 0 Å². The first-order valence-corrected chi connectivity index (χ1v) is 5.52. The number of carbonyl (C=O) groups excluding carboxylic acids is 2. The van der Waals surface area contributed by atoms with E-state index in [1.807, 2.05) is 12.1 Å². The van der Waals surface area contributed by atoms with Gasteiger partial charge in [0, 0.05) is 10.5 Å². The van der Waals surface area contributed by atoms with Crippen LogP contribution in [0.1, 0.15) is 17.3 Å². The summed E-state index contributed by atoms with van der Waals surface area (Å²) in [6.45, 7) is 1.67. The summed E-state index contributed by atoms with van der Waals surface area (Å²) in [4.78, 5) is 22.8. The van der Waals surface area contributed by atoms with Crippen molar-refractivity contribution in [2.24, 2.45) is 0 Å². The molecular weight excluding hydrogens is 226 g/mol. The van der Waals surface area contributed by atoms with E-state index in [9.17, 15) is 9.59 Å². The molecule has 0 bridgehead atoms. The molecule has 0 aromatic heterocycles. The highest BCUT2D eigenvalue weighted by Gasteiger charge is 2.01. The lowest BCUT2D eigenvalue weighted by atomic mass is 10.2. The third-order valence-corrected chi connectivity index (χ3v) is 2.69. The van der Waals surface area contributed by atoms with E-state index in [4.69, 9.17) is 0 Å². The fraction of sp³-hybridized carbons (Fsp3) is 0.273. The molecule has 0 aliphatic heterocycles. The van der Waals surface area contributed by atoms with Crippen LogP contribution in [0.4, 0.5) is 0 Å². The Hall–Kier alpha value is -1.33. The fourth-order valence-electron chi connectivity index (χ4n) is 1.01. The van der Waals surface area contributed by atoms with Crippen molar-refractivity contribution in [3.05, 3.63) is 29.8 Å². The number of carbonyl (C=O) groups is 2. The number of hydrogen-bond donors (Lipinski definition) is 1. The Kier molecular flexibility index (Phi) is 5.01. The number of Topliss-reactive ketones (excluding diaryl/α,β-unsaturated/α-hetero) is 1. The number of ketones is 1. The second-order valence-electron chi connectivity index (χ2n) is 3.08. The summed E-state index contributed by atoms with van der Waals surface area (Å²) in [5.74, 6) is -0.271. The van der Waals surface area contributed by atoms with Crippen LogP contribution < -0.4 is 4.72 Å². The Bertz CT molecular complexity index is 375. The summed E-state index contributed by atoms with van der Waals surface area (Å²) in [5, 5.41) is 0. The summed E-state index contributed by atoms with van der Waals surface area (Å²) >= 11 is 1.32. The SMILES string of the molecule is COC(=O)CNSc1ccc(C(C)=O)cc1. The topological polar surface area (TPSA) is 55.4 Å². The lowest BCUT2D eigenvalue weighted by Gasteiger charge is -2.03. The second kappa shape index (κ2) is 6.30. The van der Waals surface area contributed by atoms with E-state index in [-0.39, 0.29) is 18.3 Å². The molecule has 16 heavy (non-hydrogen) atoms. The molecule has 5 heteroatoms. The first-order valence-electron chi connectivity index (χ1n) is 4.71. The molecule has 1 rings (SSSR count). The quantitative estimate of drug-likeness (QED) is 0.481. The highest BCUT2D eigenvalue weighted by Crippen LogP contribution is 2.15. The standard InChI is InChI=1S/C11H13NO3S/c1-8(13)9-3-5-10(6-4-9)16-12-7-11(14)15-2/h3-6,12H,7H2,1-2H3. The Morgan fingerprint density at radius 3 is 2.44 bits per heavy atom. The zero-order valence-corrected chi connectivity index (χ0v) is 9.97. The zero-order chi connectivity index (χ0) is 12.0. The van der Waals surface area contributed by atoms with E-state index in [0.29, 0.717) is 5.56 Å². The summed E-state index contributed by atoms with van der Waals surface area (Å²) in [5.41, 5.74) is 0.678. The number of nitrogens with one attached hydrogen (secondary N) is 1. The number of ether oxygens (including phenoxy) is 1. The predicted octanol–water partition coefficient (Wildman–Crippen LogP) is 1.66. The smallest absolute Gasteiger partial charge is 0.320 e. The van der Waals surface area contributed by atoms with Crippen molar-refractivity contribution in [1.82, 2.24) is 4.72 Å². The van der Waals surface area contributed by atoms with Crippen molar-refractivity contribution in [3.63, 3.8) is 0 Å². The molecule has 0 unspecified atom stereocenters. The molecule has 0 amide bonds. The van der Waals surface area contributed by atoms with Gasteiger partial charge in [-0.3, -0.25) is 9.59 Å². The van der Waals surface area contributed by atoms with Gasteiger partial charge in [-0.1, -0.05) is 12.1 Å². The van der Waals surface area contributed by atoms with Crippen LogP contribution in [0.3, 0.4) is 0 Å². The van der Waals surface area contributed by atoms with E-state index in [1.54, 1.807) is 12.1 Å². The fourth-order valence-corrected chi connectivity index (χ4v) is 1.64. The third kappa shape index (κ3) is 4.04. The minimum Gasteiger partial charge on any atom is -0.468 e. The number of rotatable bonds is 5. The van der Waals surface area contributed by atoms with Crippen LogP contribution in [0.15, 0.2) is 29.2 Å². The van der Waals surface area contributed by atoms with E-state index in [2.05, 4.69) is 9.46 Å². The maximum Gasteiger partial charge on any atom is 0.320 e. The monoisotopic (exact) mass is 239 g/mol. The maximum absolute atomic E-state index is 11.0. The first-order chi connectivity index (χ1) is 7.63. The molecular formula is C11H13NO3S. The number of hydrogen-bond acceptors (Lipinski definition) is 5. The third-order valence-electron chi connectivity index (χ3n) is 1.90. The molecule has 0 saturated heterocycles.